The molecule has 6 aliphatic rings. The number of fused-ring (bicyclic) bond motifs is 6. The summed E-state index contributed by atoms with van der Waals surface area (Å²) in [5, 5.41) is 39.3. The number of piperazine rings is 3. The third-order valence-electron chi connectivity index (χ3n) is 21.7. The van der Waals surface area contributed by atoms with Gasteiger partial charge in [0.05, 0.1) is 105 Å². The van der Waals surface area contributed by atoms with Crippen LogP contribution in [0.1, 0.15) is 208 Å². The summed E-state index contributed by atoms with van der Waals surface area (Å²) in [6.45, 7) is 28.9. The molecule has 3 N–H and O–H groups in total. The van der Waals surface area contributed by atoms with Crippen molar-refractivity contribution in [2.45, 2.75) is 157 Å². The molecule has 0 saturated carbocycles. The first-order valence-electron chi connectivity index (χ1n) is 38.8. The van der Waals surface area contributed by atoms with Crippen LogP contribution in [0, 0.1) is 0 Å². The molecule has 3 amide bonds. The van der Waals surface area contributed by atoms with Crippen molar-refractivity contribution < 1.29 is 43.9 Å². The lowest BCUT2D eigenvalue weighted by Crippen LogP contribution is -2.51. The van der Waals surface area contributed by atoms with Gasteiger partial charge >= 0.3 is 18.3 Å². The number of ether oxygens (including phenoxy) is 3. The second-order valence-corrected chi connectivity index (χ2v) is 36.5. The summed E-state index contributed by atoms with van der Waals surface area (Å²) in [6, 6.07) is 22.2. The molecule has 642 valence electrons. The number of carbonyl (C=O) groups is 3. The third kappa shape index (κ3) is 20.1. The standard InChI is InChI=1S/3C29H33Cl2N5O3.3CH4/c3*1-28(2,3)39-27(37)36-10-8-35(9-11-36)26-21-7-6-19(30)14-22(21)23(13-18-12-20(31)15-33-25(18)26)29(4,38)24-16-32-17-34(24)5;;;/h3*6-7,12-17,26,38H,8-11H2,1-5H3;3*1H4/t3*26-,29?;;;/m000.../s1. The van der Waals surface area contributed by atoms with Crippen LogP contribution in [0.3, 0.4) is 0 Å². The first-order valence-corrected chi connectivity index (χ1v) is 41.1. The summed E-state index contributed by atoms with van der Waals surface area (Å²) < 4.78 is 22.2. The van der Waals surface area contributed by atoms with Crippen LogP contribution in [-0.2, 0) is 52.2 Å². The number of benzene rings is 3. The molecule has 120 heavy (non-hydrogen) atoms. The van der Waals surface area contributed by atoms with E-state index in [4.69, 9.17) is 98.8 Å². The Morgan fingerprint density at radius 2 is 0.583 bits per heavy atom. The molecule has 0 spiro atoms. The smallest absolute Gasteiger partial charge is 0.410 e. The Bertz CT molecular complexity index is 4820. The largest absolute Gasteiger partial charge is 0.444 e. The summed E-state index contributed by atoms with van der Waals surface area (Å²) in [7, 11) is 5.56. The van der Waals surface area contributed by atoms with Gasteiger partial charge in [-0.25, -0.2) is 29.3 Å². The minimum Gasteiger partial charge on any atom is -0.444 e. The van der Waals surface area contributed by atoms with Crippen LogP contribution < -0.4 is 0 Å². The Morgan fingerprint density at radius 3 is 0.792 bits per heavy atom. The molecule has 9 heterocycles. The first-order chi connectivity index (χ1) is 55.0. The number of aryl methyl sites for hydroxylation is 3. The lowest BCUT2D eigenvalue weighted by Gasteiger charge is -2.40. The van der Waals surface area contributed by atoms with Crippen LogP contribution in [0.25, 0.3) is 34.9 Å². The van der Waals surface area contributed by atoms with Crippen LogP contribution in [0.4, 0.5) is 14.4 Å². The second-order valence-electron chi connectivity index (χ2n) is 33.9. The number of nitrogens with zero attached hydrogens (tertiary/aromatic N) is 15. The lowest BCUT2D eigenvalue weighted by atomic mass is 9.84. The SMILES string of the molecule is C.C.C.Cn1cncc1C(C)(O)C1=Cc2cc(Cl)cnc2[C@@H](N2CCN(C(=O)OC(C)(C)C)CC2)c2ccc(Cl)cc21.Cn1cncc1C(C)(O)C1=Cc2cc(Cl)cnc2[C@@H](N2CCN(C(=O)OC(C)(C)C)CC2)c2ccc(Cl)cc21.Cn1cncc1C(C)(O)C1=Cc2cc(Cl)cnc2[C@@H](N2CCN(C(=O)OC(C)(C)C)CC2)c2ccc(Cl)cc21. The quantitative estimate of drug-likeness (QED) is 0.114. The number of amides is 3. The van der Waals surface area contributed by atoms with Crippen LogP contribution in [0.15, 0.2) is 129 Å². The second kappa shape index (κ2) is 36.8. The van der Waals surface area contributed by atoms with Crippen molar-refractivity contribution in [3.05, 3.63) is 243 Å². The molecular formula is C90H111Cl6N15O9. The third-order valence-corrected chi connectivity index (χ3v) is 23.1. The van der Waals surface area contributed by atoms with Crippen molar-refractivity contribution in [1.29, 1.82) is 0 Å². The molecule has 3 unspecified atom stereocenters. The van der Waals surface area contributed by atoms with Crippen LogP contribution >= 0.6 is 69.6 Å². The zero-order chi connectivity index (χ0) is 84.3. The predicted molar refractivity (Wildman–Crippen MR) is 478 cm³/mol. The van der Waals surface area contributed by atoms with Crippen LogP contribution in [-0.4, -0.2) is 202 Å². The number of rotatable bonds is 9. The minimum absolute atomic E-state index is 0. The number of hydrogen-bond acceptors (Lipinski definition) is 18. The summed E-state index contributed by atoms with van der Waals surface area (Å²) >= 11 is 38.9. The molecule has 3 aliphatic heterocycles. The highest BCUT2D eigenvalue weighted by molar-refractivity contribution is 6.32. The lowest BCUT2D eigenvalue weighted by molar-refractivity contribution is 0.0108. The highest BCUT2D eigenvalue weighted by Gasteiger charge is 2.45. The van der Waals surface area contributed by atoms with Crippen molar-refractivity contribution in [2.75, 3.05) is 78.5 Å². The van der Waals surface area contributed by atoms with Gasteiger partial charge in [-0.2, -0.15) is 0 Å². The molecule has 6 atom stereocenters. The fraction of sp³-hybridized carbons (Fsp3) is 0.433. The maximum atomic E-state index is 12.7. The summed E-state index contributed by atoms with van der Waals surface area (Å²) in [5.74, 6) is 0. The van der Waals surface area contributed by atoms with Crippen molar-refractivity contribution in [1.82, 2.24) is 73.0 Å². The molecule has 30 heteroatoms. The monoisotopic (exact) mass is 1760 g/mol. The van der Waals surface area contributed by atoms with E-state index in [1.807, 2.05) is 174 Å². The fourth-order valence-corrected chi connectivity index (χ4v) is 17.3. The average molecular weight is 1760 g/mol. The maximum absolute atomic E-state index is 12.7. The minimum atomic E-state index is -1.39. The van der Waals surface area contributed by atoms with E-state index in [1.165, 1.54) is 0 Å². The Morgan fingerprint density at radius 1 is 0.350 bits per heavy atom. The van der Waals surface area contributed by atoms with E-state index in [0.717, 1.165) is 67.2 Å². The molecule has 6 aromatic heterocycles. The van der Waals surface area contributed by atoms with Crippen molar-refractivity contribution in [2.24, 2.45) is 21.1 Å². The number of aromatic nitrogens is 9. The zero-order valence-corrected chi connectivity index (χ0v) is 72.9. The van der Waals surface area contributed by atoms with E-state index in [1.54, 1.807) is 105 Å². The molecule has 15 rings (SSSR count). The molecule has 24 nitrogen and oxygen atoms in total. The molecule has 9 aromatic rings. The van der Waals surface area contributed by atoms with Gasteiger partial charge < -0.3 is 57.9 Å². The molecule has 0 radical (unpaired) electrons. The van der Waals surface area contributed by atoms with Crippen molar-refractivity contribution in [3.63, 3.8) is 0 Å². The van der Waals surface area contributed by atoms with Gasteiger partial charge in [-0.3, -0.25) is 29.7 Å². The van der Waals surface area contributed by atoms with E-state index >= 15 is 0 Å². The Kier molecular flexibility index (Phi) is 28.6. The maximum Gasteiger partial charge on any atom is 0.410 e. The fourth-order valence-electron chi connectivity index (χ4n) is 16.2. The zero-order valence-electron chi connectivity index (χ0n) is 68.3. The summed E-state index contributed by atoms with van der Waals surface area (Å²) in [5.41, 5.74) is 8.35. The first kappa shape index (κ1) is 93.5. The molecule has 3 aromatic carbocycles. The van der Waals surface area contributed by atoms with Crippen molar-refractivity contribution in [3.8, 4) is 0 Å². The molecular weight excluding hydrogens is 1650 g/mol. The van der Waals surface area contributed by atoms with E-state index in [0.29, 0.717) is 142 Å². The summed E-state index contributed by atoms with van der Waals surface area (Å²) in [4.78, 5) is 77.4. The van der Waals surface area contributed by atoms with Gasteiger partial charge in [0, 0.05) is 133 Å². The molecule has 0 bridgehead atoms. The summed E-state index contributed by atoms with van der Waals surface area (Å²) in [6.07, 6.45) is 19.9. The average Bonchev–Trinajstić information content (AvgIpc) is 1.58. The van der Waals surface area contributed by atoms with Gasteiger partial charge in [0.1, 0.15) is 33.6 Å². The van der Waals surface area contributed by atoms with Gasteiger partial charge in [0.25, 0.3) is 0 Å². The normalized spacial score (nSPS) is 18.9. The van der Waals surface area contributed by atoms with E-state index < -0.39 is 33.6 Å². The Balaban J connectivity index is 0.000000187. The van der Waals surface area contributed by atoms with Gasteiger partial charge in [-0.15, -0.1) is 0 Å². The van der Waals surface area contributed by atoms with Gasteiger partial charge in [0.2, 0.25) is 0 Å². The number of pyridine rings is 3. The highest BCUT2D eigenvalue weighted by atomic mass is 35.5. The molecule has 3 aliphatic carbocycles. The van der Waals surface area contributed by atoms with Crippen molar-refractivity contribution >= 4 is 123 Å². The number of imidazole rings is 3. The molecule has 3 saturated heterocycles. The van der Waals surface area contributed by atoms with Crippen LogP contribution in [0.2, 0.25) is 30.1 Å². The Labute approximate surface area is 734 Å². The predicted octanol–water partition coefficient (Wildman–Crippen LogP) is 18.5. The number of hydrogen-bond donors (Lipinski definition) is 3. The highest BCUT2D eigenvalue weighted by Crippen LogP contribution is 2.51. The number of aliphatic hydroxyl groups is 3. The molecule has 3 fully saturated rings. The van der Waals surface area contributed by atoms with Gasteiger partial charge in [0.15, 0.2) is 0 Å². The van der Waals surface area contributed by atoms with E-state index in [2.05, 4.69) is 29.7 Å². The Hall–Kier alpha value is -8.73. The van der Waals surface area contributed by atoms with E-state index in [9.17, 15) is 29.7 Å². The van der Waals surface area contributed by atoms with Gasteiger partial charge in [-0.1, -0.05) is 110 Å². The number of carbonyl (C=O) groups excluding carboxylic acids is 3. The number of halogens is 6. The van der Waals surface area contributed by atoms with Gasteiger partial charge in [-0.05, 0) is 223 Å². The van der Waals surface area contributed by atoms with Crippen LogP contribution in [0.5, 0.6) is 0 Å². The topological polar surface area (TPSA) is 251 Å². The van der Waals surface area contributed by atoms with E-state index in [-0.39, 0.29) is 58.7 Å².